The molecule has 1 heterocycles. The molecule has 3 rings (SSSR count). The van der Waals surface area contributed by atoms with Crippen molar-refractivity contribution in [3.8, 4) is 17.5 Å². The molecule has 7 nitrogen and oxygen atoms in total. The number of carbonyl (C=O) groups excluding carboxylic acids is 1. The second kappa shape index (κ2) is 7.79. The number of thioether (sulfide) groups is 1. The largest absolute Gasteiger partial charge is 0.337 e. The number of nitrogens with two attached hydrogens (primary N) is 1. The van der Waals surface area contributed by atoms with Gasteiger partial charge in [-0.1, -0.05) is 61.4 Å². The maximum atomic E-state index is 12.6. The molecule has 3 N–H and O–H groups in total. The van der Waals surface area contributed by atoms with E-state index in [4.69, 9.17) is 5.84 Å². The lowest BCUT2D eigenvalue weighted by Crippen LogP contribution is -2.51. The van der Waals surface area contributed by atoms with Gasteiger partial charge in [0.25, 0.3) is 0 Å². The highest BCUT2D eigenvalue weighted by Gasteiger charge is 2.35. The predicted molar refractivity (Wildman–Crippen MR) is 100 cm³/mol. The lowest BCUT2D eigenvalue weighted by atomic mass is 9.83. The van der Waals surface area contributed by atoms with Gasteiger partial charge in [-0.25, -0.2) is 4.68 Å². The standard InChI is InChI=1S/C18H22N6OS/c1-13(16(25)21-18(12-19)10-6-3-7-11-18)26-17-23-22-15(24(17)20)14-8-4-2-5-9-14/h2,4-5,8-9,13H,3,6-7,10-11,20H2,1H3,(H,21,25). The summed E-state index contributed by atoms with van der Waals surface area (Å²) < 4.78 is 1.39. The van der Waals surface area contributed by atoms with Gasteiger partial charge in [0.05, 0.1) is 11.3 Å². The lowest BCUT2D eigenvalue weighted by molar-refractivity contribution is -0.121. The number of hydrogen-bond acceptors (Lipinski definition) is 6. The monoisotopic (exact) mass is 370 g/mol. The molecule has 1 aromatic carbocycles. The number of nitrogens with one attached hydrogen (secondary N) is 1. The summed E-state index contributed by atoms with van der Waals surface area (Å²) in [5.41, 5.74) is 0.118. The van der Waals surface area contributed by atoms with Crippen LogP contribution in [0.4, 0.5) is 0 Å². The van der Waals surface area contributed by atoms with Gasteiger partial charge in [0.2, 0.25) is 11.1 Å². The summed E-state index contributed by atoms with van der Waals surface area (Å²) in [6, 6.07) is 11.8. The summed E-state index contributed by atoms with van der Waals surface area (Å²) >= 11 is 1.23. The summed E-state index contributed by atoms with van der Waals surface area (Å²) in [5.74, 6) is 6.47. The van der Waals surface area contributed by atoms with Crippen LogP contribution in [0.15, 0.2) is 35.5 Å². The minimum Gasteiger partial charge on any atom is -0.337 e. The molecule has 8 heteroatoms. The third-order valence-corrected chi connectivity index (χ3v) is 5.69. The maximum absolute atomic E-state index is 12.6. The lowest BCUT2D eigenvalue weighted by Gasteiger charge is -2.32. The molecule has 26 heavy (non-hydrogen) atoms. The van der Waals surface area contributed by atoms with E-state index in [1.807, 2.05) is 30.3 Å². The van der Waals surface area contributed by atoms with E-state index in [9.17, 15) is 10.1 Å². The molecule has 1 aliphatic carbocycles. The van der Waals surface area contributed by atoms with E-state index in [-0.39, 0.29) is 5.91 Å². The molecule has 0 radical (unpaired) electrons. The number of carbonyl (C=O) groups is 1. The van der Waals surface area contributed by atoms with E-state index in [0.29, 0.717) is 23.8 Å². The molecule has 1 fully saturated rings. The Hall–Kier alpha value is -2.53. The molecule has 1 unspecified atom stereocenters. The van der Waals surface area contributed by atoms with Crippen LogP contribution < -0.4 is 11.2 Å². The molecule has 0 spiro atoms. The molecule has 1 atom stereocenters. The van der Waals surface area contributed by atoms with Crippen molar-refractivity contribution in [2.24, 2.45) is 0 Å². The number of nitrogens with zero attached hydrogens (tertiary/aromatic N) is 4. The number of aromatic nitrogens is 3. The highest BCUT2D eigenvalue weighted by atomic mass is 32.2. The number of benzene rings is 1. The quantitative estimate of drug-likeness (QED) is 0.618. The van der Waals surface area contributed by atoms with Crippen molar-refractivity contribution in [1.29, 1.82) is 5.26 Å². The minimum atomic E-state index is -0.740. The van der Waals surface area contributed by atoms with Gasteiger partial charge in [-0.3, -0.25) is 4.79 Å². The number of hydrogen-bond donors (Lipinski definition) is 2. The van der Waals surface area contributed by atoms with Crippen LogP contribution in [0, 0.1) is 11.3 Å². The topological polar surface area (TPSA) is 110 Å². The highest BCUT2D eigenvalue weighted by Crippen LogP contribution is 2.29. The van der Waals surface area contributed by atoms with Crippen LogP contribution in [0.5, 0.6) is 0 Å². The molecule has 0 saturated heterocycles. The fraction of sp³-hybridized carbons (Fsp3) is 0.444. The first-order valence-electron chi connectivity index (χ1n) is 8.70. The first kappa shape index (κ1) is 18.3. The highest BCUT2D eigenvalue weighted by molar-refractivity contribution is 8.00. The van der Waals surface area contributed by atoms with Crippen molar-refractivity contribution < 1.29 is 4.79 Å². The van der Waals surface area contributed by atoms with E-state index >= 15 is 0 Å². The Morgan fingerprint density at radius 2 is 2.00 bits per heavy atom. The van der Waals surface area contributed by atoms with Gasteiger partial charge >= 0.3 is 0 Å². The molecule has 1 aromatic heterocycles. The SMILES string of the molecule is CC(Sc1nnc(-c2ccccc2)n1N)C(=O)NC1(C#N)CCCCC1. The van der Waals surface area contributed by atoms with Gasteiger partial charge < -0.3 is 11.2 Å². The molecule has 0 bridgehead atoms. The number of nitriles is 1. The van der Waals surface area contributed by atoms with Gasteiger partial charge in [0.15, 0.2) is 5.82 Å². The molecule has 1 aliphatic rings. The normalized spacial score (nSPS) is 17.2. The van der Waals surface area contributed by atoms with Crippen molar-refractivity contribution in [2.75, 3.05) is 5.84 Å². The van der Waals surface area contributed by atoms with E-state index in [2.05, 4.69) is 21.6 Å². The van der Waals surface area contributed by atoms with Crippen molar-refractivity contribution >= 4 is 17.7 Å². The summed E-state index contributed by atoms with van der Waals surface area (Å²) in [4.78, 5) is 12.6. The Kier molecular flexibility index (Phi) is 5.47. The number of amides is 1. The van der Waals surface area contributed by atoms with Gasteiger partial charge in [0, 0.05) is 5.56 Å². The molecule has 0 aliphatic heterocycles. The average Bonchev–Trinajstić information content (AvgIpc) is 3.03. The average molecular weight is 370 g/mol. The van der Waals surface area contributed by atoms with Crippen molar-refractivity contribution in [2.45, 2.75) is 55.0 Å². The Bertz CT molecular complexity index is 807. The van der Waals surface area contributed by atoms with Crippen LogP contribution in [0.2, 0.25) is 0 Å². The van der Waals surface area contributed by atoms with Gasteiger partial charge in [-0.15, -0.1) is 10.2 Å². The van der Waals surface area contributed by atoms with Crippen LogP contribution in [0.25, 0.3) is 11.4 Å². The summed E-state index contributed by atoms with van der Waals surface area (Å²) in [6.07, 6.45) is 4.46. The molecular weight excluding hydrogens is 348 g/mol. The molecular formula is C18H22N6OS. The van der Waals surface area contributed by atoms with E-state index in [0.717, 1.165) is 24.8 Å². The van der Waals surface area contributed by atoms with Crippen molar-refractivity contribution in [1.82, 2.24) is 20.2 Å². The first-order valence-corrected chi connectivity index (χ1v) is 9.58. The summed E-state index contributed by atoms with van der Waals surface area (Å²) in [5, 5.41) is 20.7. The zero-order valence-corrected chi connectivity index (χ0v) is 15.5. The second-order valence-corrected chi connectivity index (χ2v) is 7.85. The molecule has 2 aromatic rings. The summed E-state index contributed by atoms with van der Waals surface area (Å²) in [6.45, 7) is 1.78. The van der Waals surface area contributed by atoms with E-state index < -0.39 is 10.8 Å². The van der Waals surface area contributed by atoms with Crippen LogP contribution in [0.3, 0.4) is 0 Å². The molecule has 1 saturated carbocycles. The van der Waals surface area contributed by atoms with Crippen LogP contribution in [-0.2, 0) is 4.79 Å². The second-order valence-electron chi connectivity index (χ2n) is 6.55. The van der Waals surface area contributed by atoms with E-state index in [1.54, 1.807) is 6.92 Å². The summed E-state index contributed by atoms with van der Waals surface area (Å²) in [7, 11) is 0. The van der Waals surface area contributed by atoms with Crippen molar-refractivity contribution in [3.05, 3.63) is 30.3 Å². The zero-order valence-electron chi connectivity index (χ0n) is 14.7. The van der Waals surface area contributed by atoms with E-state index in [1.165, 1.54) is 16.4 Å². The van der Waals surface area contributed by atoms with Gasteiger partial charge in [-0.05, 0) is 19.8 Å². The Morgan fingerprint density at radius 3 is 2.65 bits per heavy atom. The van der Waals surface area contributed by atoms with Crippen LogP contribution in [-0.4, -0.2) is 31.6 Å². The zero-order chi connectivity index (χ0) is 18.6. The minimum absolute atomic E-state index is 0.178. The van der Waals surface area contributed by atoms with Gasteiger partial charge in [0.1, 0.15) is 5.54 Å². The molecule has 136 valence electrons. The Labute approximate surface area is 156 Å². The number of nitrogen functional groups attached to an aromatic ring is 1. The fourth-order valence-corrected chi connectivity index (χ4v) is 3.88. The van der Waals surface area contributed by atoms with Crippen LogP contribution >= 0.6 is 11.8 Å². The maximum Gasteiger partial charge on any atom is 0.234 e. The third-order valence-electron chi connectivity index (χ3n) is 4.63. The Balaban J connectivity index is 1.68. The predicted octanol–water partition coefficient (Wildman–Crippen LogP) is 2.48. The molecule has 1 amide bonds. The fourth-order valence-electron chi connectivity index (χ4n) is 3.11. The Morgan fingerprint density at radius 1 is 1.31 bits per heavy atom. The smallest absolute Gasteiger partial charge is 0.234 e. The first-order chi connectivity index (χ1) is 12.5. The number of rotatable bonds is 5. The van der Waals surface area contributed by atoms with Crippen molar-refractivity contribution in [3.63, 3.8) is 0 Å². The van der Waals surface area contributed by atoms with Crippen LogP contribution in [0.1, 0.15) is 39.0 Å². The van der Waals surface area contributed by atoms with Gasteiger partial charge in [-0.2, -0.15) is 5.26 Å². The third kappa shape index (κ3) is 3.83.